The molecule has 0 radical (unpaired) electrons. The first-order valence-electron chi connectivity index (χ1n) is 8.27. The fourth-order valence-corrected chi connectivity index (χ4v) is 3.00. The lowest BCUT2D eigenvalue weighted by Crippen LogP contribution is -2.33. The van der Waals surface area contributed by atoms with Gasteiger partial charge >= 0.3 is 0 Å². The molecule has 124 valence electrons. The summed E-state index contributed by atoms with van der Waals surface area (Å²) < 4.78 is 2.18. The van der Waals surface area contributed by atoms with Crippen molar-refractivity contribution >= 4 is 46.4 Å². The third kappa shape index (κ3) is 2.78. The Morgan fingerprint density at radius 2 is 1.50 bits per heavy atom. The molecule has 0 fully saturated rings. The van der Waals surface area contributed by atoms with E-state index in [1.54, 1.807) is 12.3 Å². The zero-order chi connectivity index (χ0) is 17.9. The number of aliphatic imine (C=N–C) groups is 2. The molecule has 0 saturated heterocycles. The van der Waals surface area contributed by atoms with Crippen LogP contribution in [0.3, 0.4) is 0 Å². The van der Waals surface area contributed by atoms with E-state index >= 15 is 0 Å². The highest BCUT2D eigenvalue weighted by atomic mass is 15.0. The number of benzene rings is 3. The number of hydrogen-bond donors (Lipinski definition) is 0. The topological polar surface area (TPSA) is 41.5 Å². The molecule has 0 amide bonds. The number of aromatic nitrogens is 2. The Morgan fingerprint density at radius 3 is 2.15 bits per heavy atom. The maximum Gasteiger partial charge on any atom is 0.239 e. The Bertz CT molecular complexity index is 1160. The summed E-state index contributed by atoms with van der Waals surface area (Å²) in [5.74, 6) is 0. The molecule has 1 aromatic heterocycles. The second-order valence-electron chi connectivity index (χ2n) is 5.80. The van der Waals surface area contributed by atoms with Crippen molar-refractivity contribution in [3.05, 3.63) is 79.4 Å². The van der Waals surface area contributed by atoms with E-state index in [-0.39, 0.29) is 0 Å². The second-order valence-corrected chi connectivity index (χ2v) is 5.80. The second kappa shape index (κ2) is 6.69. The first-order chi connectivity index (χ1) is 12.8. The van der Waals surface area contributed by atoms with Gasteiger partial charge in [-0.3, -0.25) is 9.98 Å². The molecule has 3 aromatic carbocycles. The van der Waals surface area contributed by atoms with Gasteiger partial charge < -0.3 is 0 Å². The van der Waals surface area contributed by atoms with Gasteiger partial charge in [0.05, 0.1) is 11.4 Å². The third-order valence-electron chi connectivity index (χ3n) is 4.17. The van der Waals surface area contributed by atoms with Crippen LogP contribution in [-0.4, -0.2) is 17.9 Å². The lowest BCUT2D eigenvalue weighted by Gasteiger charge is -2.06. The fourth-order valence-electron chi connectivity index (χ4n) is 3.00. The van der Waals surface area contributed by atoms with Gasteiger partial charge in [0, 0.05) is 30.5 Å². The molecular formula is C22H17N4+. The maximum atomic E-state index is 4.81. The first kappa shape index (κ1) is 15.8. The van der Waals surface area contributed by atoms with Crippen LogP contribution in [0, 0.1) is 0 Å². The Morgan fingerprint density at radius 1 is 0.846 bits per heavy atom. The number of rotatable bonds is 4. The molecule has 4 heteroatoms. The number of fused-ring (bicyclic) bond motifs is 2. The van der Waals surface area contributed by atoms with Crippen molar-refractivity contribution in [3.63, 3.8) is 0 Å². The van der Waals surface area contributed by atoms with E-state index in [9.17, 15) is 0 Å². The largest absolute Gasteiger partial charge is 0.264 e. The van der Waals surface area contributed by atoms with E-state index in [1.807, 2.05) is 54.6 Å². The van der Waals surface area contributed by atoms with E-state index in [4.69, 9.17) is 4.98 Å². The molecule has 4 nitrogen and oxygen atoms in total. The minimum absolute atomic E-state index is 0.809. The summed E-state index contributed by atoms with van der Waals surface area (Å²) >= 11 is 0. The normalized spacial score (nSPS) is 11.2. The number of allylic oxidation sites excluding steroid dienone is 1. The van der Waals surface area contributed by atoms with Crippen LogP contribution in [0.2, 0.25) is 0 Å². The van der Waals surface area contributed by atoms with Gasteiger partial charge in [0.2, 0.25) is 16.7 Å². The molecular weight excluding hydrogens is 320 g/mol. The van der Waals surface area contributed by atoms with Crippen LogP contribution in [0.4, 0.5) is 11.4 Å². The highest BCUT2D eigenvalue weighted by Crippen LogP contribution is 2.24. The Balaban J connectivity index is 2.14. The van der Waals surface area contributed by atoms with Crippen LogP contribution < -0.4 is 4.57 Å². The zero-order valence-corrected chi connectivity index (χ0v) is 14.2. The molecule has 4 rings (SSSR count). The maximum absolute atomic E-state index is 4.81. The van der Waals surface area contributed by atoms with Crippen molar-refractivity contribution in [1.29, 1.82) is 0 Å². The Kier molecular flexibility index (Phi) is 4.07. The van der Waals surface area contributed by atoms with Gasteiger partial charge in [0.15, 0.2) is 0 Å². The molecule has 0 N–H and O–H groups in total. The highest BCUT2D eigenvalue weighted by molar-refractivity contribution is 5.86. The summed E-state index contributed by atoms with van der Waals surface area (Å²) in [5.41, 5.74) is 6.46. The fraction of sp³-hybridized carbons (Fsp3) is 0. The number of hydrogen-bond acceptors (Lipinski definition) is 3. The predicted octanol–water partition coefficient (Wildman–Crippen LogP) is 4.89. The molecule has 0 aliphatic heterocycles. The van der Waals surface area contributed by atoms with Crippen LogP contribution in [0.15, 0.2) is 89.4 Å². The molecule has 0 unspecified atom stereocenters. The summed E-state index contributed by atoms with van der Waals surface area (Å²) in [4.78, 5) is 13.3. The average Bonchev–Trinajstić information content (AvgIpc) is 2.70. The number of nitrogens with zero attached hydrogens (tertiary/aromatic N) is 4. The van der Waals surface area contributed by atoms with Crippen molar-refractivity contribution in [1.82, 2.24) is 4.98 Å². The minimum Gasteiger partial charge on any atom is -0.264 e. The smallest absolute Gasteiger partial charge is 0.239 e. The molecule has 0 atom stereocenters. The monoisotopic (exact) mass is 337 g/mol. The molecule has 26 heavy (non-hydrogen) atoms. The molecule has 4 aromatic rings. The predicted molar refractivity (Wildman–Crippen MR) is 108 cm³/mol. The van der Waals surface area contributed by atoms with Gasteiger partial charge in [-0.2, -0.15) is 0 Å². The molecule has 0 aliphatic rings. The van der Waals surface area contributed by atoms with Gasteiger partial charge in [-0.1, -0.05) is 30.9 Å². The van der Waals surface area contributed by atoms with Crippen molar-refractivity contribution in [2.75, 3.05) is 0 Å². The van der Waals surface area contributed by atoms with Crippen molar-refractivity contribution in [2.24, 2.45) is 9.98 Å². The Labute approximate surface area is 151 Å². The molecule has 0 spiro atoms. The quantitative estimate of drug-likeness (QED) is 0.297. The standard InChI is InChI=1S/C22H17N4/c1-3-13-24-17-10-12-20-22(15-17)26(18-7-5-4-6-8-18)21-14-16(23-2)9-11-19(21)25-20/h3-15H,1-2H2/q+1. The summed E-state index contributed by atoms with van der Waals surface area (Å²) in [7, 11) is 0. The van der Waals surface area contributed by atoms with Gasteiger partial charge in [0.1, 0.15) is 11.0 Å². The zero-order valence-electron chi connectivity index (χ0n) is 14.2. The summed E-state index contributed by atoms with van der Waals surface area (Å²) in [6.07, 6.45) is 3.35. The first-order valence-corrected chi connectivity index (χ1v) is 8.27. The molecule has 0 aliphatic carbocycles. The SMILES string of the molecule is C=CC=Nc1ccc2nc3ccc(N=C)cc3[n+](-c3ccccc3)c2c1. The third-order valence-corrected chi connectivity index (χ3v) is 4.17. The lowest BCUT2D eigenvalue weighted by molar-refractivity contribution is -0.538. The minimum atomic E-state index is 0.809. The van der Waals surface area contributed by atoms with Crippen LogP contribution in [-0.2, 0) is 0 Å². The van der Waals surface area contributed by atoms with E-state index in [1.165, 1.54) is 0 Å². The van der Waals surface area contributed by atoms with Crippen LogP contribution in [0.1, 0.15) is 0 Å². The Hall–Kier alpha value is -3.66. The number of para-hydroxylation sites is 1. The van der Waals surface area contributed by atoms with Crippen molar-refractivity contribution < 1.29 is 4.57 Å². The van der Waals surface area contributed by atoms with E-state index in [2.05, 4.69) is 40.0 Å². The van der Waals surface area contributed by atoms with Crippen molar-refractivity contribution in [3.8, 4) is 5.69 Å². The molecule has 1 heterocycles. The van der Waals surface area contributed by atoms with Gasteiger partial charge in [-0.25, -0.2) is 4.98 Å². The van der Waals surface area contributed by atoms with Crippen molar-refractivity contribution in [2.45, 2.75) is 0 Å². The van der Waals surface area contributed by atoms with Crippen LogP contribution in [0.25, 0.3) is 27.8 Å². The average molecular weight is 337 g/mol. The van der Waals surface area contributed by atoms with Gasteiger partial charge in [0.25, 0.3) is 0 Å². The lowest BCUT2D eigenvalue weighted by atomic mass is 10.2. The van der Waals surface area contributed by atoms with Crippen LogP contribution in [0.5, 0.6) is 0 Å². The summed E-state index contributed by atoms with van der Waals surface area (Å²) in [5, 5.41) is 0. The summed E-state index contributed by atoms with van der Waals surface area (Å²) in [6.45, 7) is 7.32. The van der Waals surface area contributed by atoms with E-state index in [0.29, 0.717) is 0 Å². The highest BCUT2D eigenvalue weighted by Gasteiger charge is 2.20. The summed E-state index contributed by atoms with van der Waals surface area (Å²) in [6, 6.07) is 22.1. The molecule has 0 bridgehead atoms. The molecule has 0 saturated carbocycles. The van der Waals surface area contributed by atoms with E-state index in [0.717, 1.165) is 39.1 Å². The van der Waals surface area contributed by atoms with Gasteiger partial charge in [-0.05, 0) is 31.0 Å². The van der Waals surface area contributed by atoms with Gasteiger partial charge in [-0.15, -0.1) is 4.57 Å². The van der Waals surface area contributed by atoms with E-state index < -0.39 is 0 Å². The van der Waals surface area contributed by atoms with Crippen LogP contribution >= 0.6 is 0 Å².